The molecule has 0 unspecified atom stereocenters. The van der Waals surface area contributed by atoms with Gasteiger partial charge in [0.2, 0.25) is 15.8 Å². The van der Waals surface area contributed by atoms with Crippen LogP contribution in [0.25, 0.3) is 5.82 Å². The fourth-order valence-electron chi connectivity index (χ4n) is 3.09. The highest BCUT2D eigenvalue weighted by Crippen LogP contribution is 2.22. The minimum atomic E-state index is -3.89. The molecular weight excluding hydrogens is 429 g/mol. The third-order valence-corrected chi connectivity index (χ3v) is 6.06. The first kappa shape index (κ1) is 22.4. The molecule has 0 fully saturated rings. The highest BCUT2D eigenvalue weighted by molar-refractivity contribution is 7.89. The van der Waals surface area contributed by atoms with Crippen molar-refractivity contribution in [2.75, 3.05) is 13.7 Å². The van der Waals surface area contributed by atoms with E-state index in [2.05, 4.69) is 9.88 Å². The molecule has 0 amide bonds. The van der Waals surface area contributed by atoms with Gasteiger partial charge in [0, 0.05) is 23.0 Å². The molecule has 11 heteroatoms. The fraction of sp³-hybridized carbons (Fsp3) is 0.250. The summed E-state index contributed by atoms with van der Waals surface area (Å²) in [6, 6.07) is 6.05. The topological polar surface area (TPSA) is 120 Å². The van der Waals surface area contributed by atoms with Gasteiger partial charge in [0.1, 0.15) is 11.6 Å². The molecular formula is C20H20FN3O6S. The Balaban J connectivity index is 1.79. The van der Waals surface area contributed by atoms with E-state index < -0.39 is 39.8 Å². The van der Waals surface area contributed by atoms with Crippen LogP contribution in [-0.2, 0) is 14.8 Å². The summed E-state index contributed by atoms with van der Waals surface area (Å²) in [5.41, 5.74) is 1.00. The number of ether oxygens (including phenoxy) is 1. The molecule has 0 saturated heterocycles. The van der Waals surface area contributed by atoms with Crippen molar-refractivity contribution < 1.29 is 31.7 Å². The van der Waals surface area contributed by atoms with E-state index in [1.807, 2.05) is 0 Å². The number of hydrogen-bond acceptors (Lipinski definition) is 7. The van der Waals surface area contributed by atoms with E-state index in [9.17, 15) is 22.4 Å². The number of halogens is 1. The number of carbonyl (C=O) groups excluding carboxylic acids is 2. The second kappa shape index (κ2) is 8.44. The monoisotopic (exact) mass is 449 g/mol. The Bertz CT molecular complexity index is 1280. The molecule has 164 valence electrons. The zero-order chi connectivity index (χ0) is 22.9. The Labute approximate surface area is 177 Å². The maximum atomic E-state index is 14.0. The smallest absolute Gasteiger partial charge is 0.341 e. The average molecular weight is 449 g/mol. The van der Waals surface area contributed by atoms with E-state index in [0.717, 1.165) is 23.9 Å². The Morgan fingerprint density at radius 3 is 2.48 bits per heavy atom. The Morgan fingerprint density at radius 2 is 1.87 bits per heavy atom. The molecule has 9 nitrogen and oxygen atoms in total. The molecule has 0 aliphatic rings. The van der Waals surface area contributed by atoms with Crippen LogP contribution in [0.2, 0.25) is 0 Å². The van der Waals surface area contributed by atoms with Crippen molar-refractivity contribution in [3.05, 3.63) is 64.4 Å². The number of nitrogens with zero attached hydrogens (tertiary/aromatic N) is 2. The van der Waals surface area contributed by atoms with Crippen LogP contribution in [0.1, 0.15) is 37.9 Å². The minimum Gasteiger partial charge on any atom is -0.454 e. The van der Waals surface area contributed by atoms with Crippen LogP contribution in [0.15, 0.2) is 39.8 Å². The number of aryl methyl sites for hydroxylation is 2. The lowest BCUT2D eigenvalue weighted by Gasteiger charge is -2.08. The predicted octanol–water partition coefficient (Wildman–Crippen LogP) is 2.48. The molecule has 0 aliphatic heterocycles. The normalized spacial score (nSPS) is 11.5. The van der Waals surface area contributed by atoms with E-state index in [-0.39, 0.29) is 4.90 Å². The first-order valence-electron chi connectivity index (χ1n) is 9.11. The molecule has 2 heterocycles. The van der Waals surface area contributed by atoms with E-state index in [1.54, 1.807) is 37.5 Å². The third-order valence-electron chi connectivity index (χ3n) is 4.65. The van der Waals surface area contributed by atoms with E-state index >= 15 is 0 Å². The summed E-state index contributed by atoms with van der Waals surface area (Å²) in [5, 5.41) is 3.93. The number of rotatable bonds is 7. The van der Waals surface area contributed by atoms with Crippen LogP contribution < -0.4 is 4.72 Å². The van der Waals surface area contributed by atoms with E-state index in [1.165, 1.54) is 7.05 Å². The van der Waals surface area contributed by atoms with Gasteiger partial charge < -0.3 is 9.26 Å². The first-order valence-corrected chi connectivity index (χ1v) is 10.6. The highest BCUT2D eigenvalue weighted by Gasteiger charge is 2.22. The van der Waals surface area contributed by atoms with Crippen molar-refractivity contribution in [2.24, 2.45) is 0 Å². The molecule has 3 rings (SSSR count). The third kappa shape index (κ3) is 4.42. The molecule has 0 saturated carbocycles. The summed E-state index contributed by atoms with van der Waals surface area (Å²) in [6.07, 6.45) is 0. The lowest BCUT2D eigenvalue weighted by Crippen LogP contribution is -2.20. The quantitative estimate of drug-likeness (QED) is 0.434. The van der Waals surface area contributed by atoms with Gasteiger partial charge in [-0.1, -0.05) is 5.16 Å². The zero-order valence-electron chi connectivity index (χ0n) is 17.2. The van der Waals surface area contributed by atoms with Crippen LogP contribution in [-0.4, -0.2) is 43.5 Å². The van der Waals surface area contributed by atoms with Crippen molar-refractivity contribution in [3.8, 4) is 5.82 Å². The number of benzene rings is 1. The Morgan fingerprint density at radius 1 is 1.16 bits per heavy atom. The lowest BCUT2D eigenvalue weighted by molar-refractivity contribution is 0.0469. The Hall–Kier alpha value is -3.31. The molecule has 3 aromatic rings. The summed E-state index contributed by atoms with van der Waals surface area (Å²) in [7, 11) is -2.70. The molecule has 0 atom stereocenters. The van der Waals surface area contributed by atoms with E-state index in [4.69, 9.17) is 9.26 Å². The number of Topliss-reactive ketones (excluding diaryl/α,β-unsaturated/α-hetero) is 1. The number of aromatic nitrogens is 2. The molecule has 2 aromatic heterocycles. The zero-order valence-corrected chi connectivity index (χ0v) is 18.0. The van der Waals surface area contributed by atoms with Gasteiger partial charge >= 0.3 is 5.97 Å². The molecule has 0 aliphatic carbocycles. The molecule has 31 heavy (non-hydrogen) atoms. The molecule has 0 radical (unpaired) electrons. The van der Waals surface area contributed by atoms with Gasteiger partial charge in [-0.2, -0.15) is 0 Å². The number of esters is 1. The highest BCUT2D eigenvalue weighted by atomic mass is 32.2. The Kier molecular flexibility index (Phi) is 6.09. The standard InChI is InChI=1S/C20H20FN3O6S/c1-11-7-15(13(3)24(11)19-8-12(2)30-23-19)18(25)10-29-20(26)16-9-14(5-6-17(16)21)31(27,28)22-4/h5-9,22H,10H2,1-4H3. The predicted molar refractivity (Wildman–Crippen MR) is 107 cm³/mol. The van der Waals surface area contributed by atoms with Gasteiger partial charge in [0.25, 0.3) is 0 Å². The molecule has 0 spiro atoms. The average Bonchev–Trinajstić information content (AvgIpc) is 3.28. The number of ketones is 1. The second-order valence-electron chi connectivity index (χ2n) is 6.76. The number of hydrogen-bond donors (Lipinski definition) is 1. The molecule has 1 aromatic carbocycles. The number of nitrogens with one attached hydrogen (secondary N) is 1. The maximum Gasteiger partial charge on any atom is 0.341 e. The molecule has 1 N–H and O–H groups in total. The second-order valence-corrected chi connectivity index (χ2v) is 8.65. The number of sulfonamides is 1. The van der Waals surface area contributed by atoms with Gasteiger partial charge in [0.15, 0.2) is 12.4 Å². The minimum absolute atomic E-state index is 0.304. The van der Waals surface area contributed by atoms with Gasteiger partial charge in [-0.25, -0.2) is 22.3 Å². The summed E-state index contributed by atoms with van der Waals surface area (Å²) >= 11 is 0. The number of carbonyl (C=O) groups is 2. The van der Waals surface area contributed by atoms with Crippen molar-refractivity contribution in [1.82, 2.24) is 14.4 Å². The van der Waals surface area contributed by atoms with E-state index in [0.29, 0.717) is 22.8 Å². The largest absolute Gasteiger partial charge is 0.454 e. The first-order chi connectivity index (χ1) is 14.5. The van der Waals surface area contributed by atoms with Gasteiger partial charge in [0.05, 0.1) is 10.5 Å². The molecule has 0 bridgehead atoms. The van der Waals surface area contributed by atoms with Crippen LogP contribution in [0, 0.1) is 26.6 Å². The lowest BCUT2D eigenvalue weighted by atomic mass is 10.1. The van der Waals surface area contributed by atoms with Crippen LogP contribution in [0.5, 0.6) is 0 Å². The maximum absolute atomic E-state index is 14.0. The van der Waals surface area contributed by atoms with Crippen molar-refractivity contribution in [1.29, 1.82) is 0 Å². The summed E-state index contributed by atoms with van der Waals surface area (Å²) in [5.74, 6) is -1.51. The van der Waals surface area contributed by atoms with Crippen molar-refractivity contribution in [3.63, 3.8) is 0 Å². The summed E-state index contributed by atoms with van der Waals surface area (Å²) < 4.78 is 51.6. The van der Waals surface area contributed by atoms with Crippen LogP contribution in [0.4, 0.5) is 4.39 Å². The summed E-state index contributed by atoms with van der Waals surface area (Å²) in [4.78, 5) is 24.6. The van der Waals surface area contributed by atoms with Gasteiger partial charge in [-0.05, 0) is 52.1 Å². The SMILES string of the molecule is CNS(=O)(=O)c1ccc(F)c(C(=O)OCC(=O)c2cc(C)n(-c3cc(C)on3)c2C)c1. The van der Waals surface area contributed by atoms with Gasteiger partial charge in [-0.15, -0.1) is 0 Å². The van der Waals surface area contributed by atoms with Crippen molar-refractivity contribution in [2.45, 2.75) is 25.7 Å². The summed E-state index contributed by atoms with van der Waals surface area (Å²) in [6.45, 7) is 4.58. The van der Waals surface area contributed by atoms with Crippen molar-refractivity contribution >= 4 is 21.8 Å². The fourth-order valence-corrected chi connectivity index (χ4v) is 3.84. The van der Waals surface area contributed by atoms with Crippen LogP contribution >= 0.6 is 0 Å². The van der Waals surface area contributed by atoms with Crippen LogP contribution in [0.3, 0.4) is 0 Å². The van der Waals surface area contributed by atoms with Gasteiger partial charge in [-0.3, -0.25) is 9.36 Å².